The molecule has 1 aromatic carbocycles. The van der Waals surface area contributed by atoms with Crippen molar-refractivity contribution < 1.29 is 17.9 Å². The van der Waals surface area contributed by atoms with Gasteiger partial charge < -0.3 is 10.1 Å². The fourth-order valence-corrected chi connectivity index (χ4v) is 2.91. The van der Waals surface area contributed by atoms with Crippen LogP contribution in [0.25, 0.3) is 0 Å². The van der Waals surface area contributed by atoms with Crippen molar-refractivity contribution in [2.75, 3.05) is 24.8 Å². The van der Waals surface area contributed by atoms with Crippen LogP contribution in [0.2, 0.25) is 0 Å². The summed E-state index contributed by atoms with van der Waals surface area (Å²) in [6.07, 6.45) is 0.348. The first-order valence-corrected chi connectivity index (χ1v) is 8.14. The molecule has 1 amide bonds. The molecule has 1 atom stereocenters. The predicted molar refractivity (Wildman–Crippen MR) is 79.5 cm³/mol. The van der Waals surface area contributed by atoms with E-state index in [0.29, 0.717) is 24.3 Å². The van der Waals surface area contributed by atoms with Crippen molar-refractivity contribution in [2.24, 2.45) is 0 Å². The van der Waals surface area contributed by atoms with Gasteiger partial charge in [-0.15, -0.1) is 0 Å². The lowest BCUT2D eigenvalue weighted by Gasteiger charge is -2.13. The van der Waals surface area contributed by atoms with Crippen LogP contribution in [0.5, 0.6) is 0 Å². The van der Waals surface area contributed by atoms with Gasteiger partial charge in [-0.3, -0.25) is 4.79 Å². The van der Waals surface area contributed by atoms with Crippen LogP contribution in [0.15, 0.2) is 24.3 Å². The topological polar surface area (TPSA) is 96.3 Å². The molecule has 0 saturated heterocycles. The average Bonchev–Trinajstić information content (AvgIpc) is 2.46. The van der Waals surface area contributed by atoms with Gasteiger partial charge in [0.1, 0.15) is 5.25 Å². The highest BCUT2D eigenvalue weighted by molar-refractivity contribution is 7.92. The summed E-state index contributed by atoms with van der Waals surface area (Å²) in [4.78, 5) is 12.0. The number of sulfone groups is 1. The number of ether oxygens (including phenoxy) is 1. The van der Waals surface area contributed by atoms with Crippen LogP contribution in [0.1, 0.15) is 18.9 Å². The highest BCUT2D eigenvalue weighted by Gasteiger charge is 2.27. The molecule has 0 spiro atoms. The normalized spacial score (nSPS) is 12.4. The molecule has 7 heteroatoms. The molecule has 0 aliphatic carbocycles. The number of hydrogen-bond donors (Lipinski definition) is 1. The predicted octanol–water partition coefficient (Wildman–Crippen LogP) is 1.34. The molecule has 0 saturated carbocycles. The van der Waals surface area contributed by atoms with E-state index < -0.39 is 21.0 Å². The van der Waals surface area contributed by atoms with Gasteiger partial charge in [0.2, 0.25) is 5.91 Å². The van der Waals surface area contributed by atoms with Gasteiger partial charge in [-0.25, -0.2) is 8.42 Å². The van der Waals surface area contributed by atoms with Crippen LogP contribution in [0.4, 0.5) is 5.69 Å². The third kappa shape index (κ3) is 5.17. The third-order valence-electron chi connectivity index (χ3n) is 2.94. The summed E-state index contributed by atoms with van der Waals surface area (Å²) in [6, 6.07) is 8.25. The molecule has 0 heterocycles. The molecule has 114 valence electrons. The summed E-state index contributed by atoms with van der Waals surface area (Å²) < 4.78 is 28.8. The van der Waals surface area contributed by atoms with Crippen LogP contribution >= 0.6 is 0 Å². The SMILES string of the molecule is COCCCS(=O)(=O)C(C)C(=O)Nc1cccc(C#N)c1. The maximum Gasteiger partial charge on any atom is 0.242 e. The average molecular weight is 310 g/mol. The van der Waals surface area contributed by atoms with Crippen LogP contribution in [0.3, 0.4) is 0 Å². The Bertz CT molecular complexity index is 635. The fraction of sp³-hybridized carbons (Fsp3) is 0.429. The maximum absolute atomic E-state index is 12.0. The standard InChI is InChI=1S/C14H18N2O4S/c1-11(21(18,19)8-4-7-20-2)14(17)16-13-6-3-5-12(9-13)10-15/h3,5-6,9,11H,4,7-8H2,1-2H3,(H,16,17). The Morgan fingerprint density at radius 2 is 2.19 bits per heavy atom. The van der Waals surface area contributed by atoms with Crippen molar-refractivity contribution in [1.82, 2.24) is 0 Å². The number of amides is 1. The van der Waals surface area contributed by atoms with E-state index in [1.54, 1.807) is 18.2 Å². The molecular weight excluding hydrogens is 292 g/mol. The van der Waals surface area contributed by atoms with E-state index in [-0.39, 0.29) is 5.75 Å². The minimum atomic E-state index is -3.52. The molecule has 6 nitrogen and oxygen atoms in total. The smallest absolute Gasteiger partial charge is 0.242 e. The Labute approximate surface area is 124 Å². The van der Waals surface area contributed by atoms with Crippen molar-refractivity contribution in [3.63, 3.8) is 0 Å². The minimum Gasteiger partial charge on any atom is -0.385 e. The van der Waals surface area contributed by atoms with Crippen molar-refractivity contribution in [2.45, 2.75) is 18.6 Å². The van der Waals surface area contributed by atoms with E-state index in [0.717, 1.165) is 0 Å². The zero-order chi connectivity index (χ0) is 15.9. The van der Waals surface area contributed by atoms with Gasteiger partial charge in [-0.1, -0.05) is 6.07 Å². The summed E-state index contributed by atoms with van der Waals surface area (Å²) in [5.74, 6) is -0.712. The fourth-order valence-electron chi connectivity index (χ4n) is 1.65. The monoisotopic (exact) mass is 310 g/mol. The van der Waals surface area contributed by atoms with E-state index in [9.17, 15) is 13.2 Å². The van der Waals surface area contributed by atoms with Gasteiger partial charge in [0.05, 0.1) is 17.4 Å². The number of rotatable bonds is 7. The van der Waals surface area contributed by atoms with Crippen molar-refractivity contribution >= 4 is 21.4 Å². The lowest BCUT2D eigenvalue weighted by molar-refractivity contribution is -0.115. The number of hydrogen-bond acceptors (Lipinski definition) is 5. The molecule has 0 aliphatic heterocycles. The summed E-state index contributed by atoms with van der Waals surface area (Å²) >= 11 is 0. The molecule has 0 fully saturated rings. The second kappa shape index (κ2) is 7.76. The van der Waals surface area contributed by atoms with Crippen LogP contribution in [-0.2, 0) is 19.4 Å². The first-order chi connectivity index (χ1) is 9.90. The number of nitrogens with zero attached hydrogens (tertiary/aromatic N) is 1. The number of nitriles is 1. The quantitative estimate of drug-likeness (QED) is 0.767. The molecule has 0 aliphatic rings. The van der Waals surface area contributed by atoms with Crippen molar-refractivity contribution in [1.29, 1.82) is 5.26 Å². The number of anilines is 1. The molecular formula is C14H18N2O4S. The Morgan fingerprint density at radius 3 is 2.81 bits per heavy atom. The van der Waals surface area contributed by atoms with Crippen LogP contribution < -0.4 is 5.32 Å². The number of carbonyl (C=O) groups is 1. The Morgan fingerprint density at radius 1 is 1.48 bits per heavy atom. The van der Waals surface area contributed by atoms with Gasteiger partial charge in [-0.05, 0) is 31.5 Å². The number of benzene rings is 1. The van der Waals surface area contributed by atoms with Gasteiger partial charge >= 0.3 is 0 Å². The Kier molecular flexibility index (Phi) is 6.34. The highest BCUT2D eigenvalue weighted by Crippen LogP contribution is 2.12. The summed E-state index contributed by atoms with van der Waals surface area (Å²) in [6.45, 7) is 1.68. The first kappa shape index (κ1) is 17.1. The summed E-state index contributed by atoms with van der Waals surface area (Å²) in [7, 11) is -2.03. The molecule has 0 aromatic heterocycles. The van der Waals surface area contributed by atoms with Crippen LogP contribution in [-0.4, -0.2) is 39.0 Å². The lowest BCUT2D eigenvalue weighted by atomic mass is 10.2. The molecule has 1 aromatic rings. The lowest BCUT2D eigenvalue weighted by Crippen LogP contribution is -2.34. The van der Waals surface area contributed by atoms with E-state index in [1.165, 1.54) is 20.1 Å². The van der Waals surface area contributed by atoms with Crippen LogP contribution in [0, 0.1) is 11.3 Å². The van der Waals surface area contributed by atoms with Gasteiger partial charge in [0.15, 0.2) is 9.84 Å². The third-order valence-corrected chi connectivity index (χ3v) is 5.09. The minimum absolute atomic E-state index is 0.104. The van der Waals surface area contributed by atoms with Gasteiger partial charge in [0.25, 0.3) is 0 Å². The zero-order valence-corrected chi connectivity index (χ0v) is 12.8. The molecule has 1 unspecified atom stereocenters. The number of carbonyl (C=O) groups excluding carboxylic acids is 1. The van der Waals surface area contributed by atoms with E-state index in [4.69, 9.17) is 10.00 Å². The highest BCUT2D eigenvalue weighted by atomic mass is 32.2. The zero-order valence-electron chi connectivity index (χ0n) is 12.0. The van der Waals surface area contributed by atoms with E-state index >= 15 is 0 Å². The molecule has 1 rings (SSSR count). The molecule has 0 radical (unpaired) electrons. The Hall–Kier alpha value is -1.91. The Balaban J connectivity index is 2.72. The molecule has 0 bridgehead atoms. The van der Waals surface area contributed by atoms with E-state index in [2.05, 4.69) is 5.32 Å². The molecule has 21 heavy (non-hydrogen) atoms. The summed E-state index contributed by atoms with van der Waals surface area (Å²) in [5.41, 5.74) is 0.793. The molecule has 1 N–H and O–H groups in total. The second-order valence-electron chi connectivity index (χ2n) is 4.54. The maximum atomic E-state index is 12.0. The van der Waals surface area contributed by atoms with Gasteiger partial charge in [-0.2, -0.15) is 5.26 Å². The van der Waals surface area contributed by atoms with Gasteiger partial charge in [0, 0.05) is 19.4 Å². The van der Waals surface area contributed by atoms with Crippen molar-refractivity contribution in [3.8, 4) is 6.07 Å². The largest absolute Gasteiger partial charge is 0.385 e. The number of nitrogens with one attached hydrogen (secondary N) is 1. The van der Waals surface area contributed by atoms with Crippen molar-refractivity contribution in [3.05, 3.63) is 29.8 Å². The first-order valence-electron chi connectivity index (χ1n) is 6.42. The van der Waals surface area contributed by atoms with E-state index in [1.807, 2.05) is 6.07 Å². The number of methoxy groups -OCH3 is 1. The summed E-state index contributed by atoms with van der Waals surface area (Å²) in [5, 5.41) is 10.1. The second-order valence-corrected chi connectivity index (χ2v) is 6.98.